The van der Waals surface area contributed by atoms with Gasteiger partial charge in [0.2, 0.25) is 5.83 Å². The average molecular weight is 632 g/mol. The van der Waals surface area contributed by atoms with Gasteiger partial charge in [0.05, 0.1) is 0 Å². The van der Waals surface area contributed by atoms with Crippen LogP contribution in [0.3, 0.4) is 0 Å². The first-order valence-corrected chi connectivity index (χ1v) is 7.79. The van der Waals surface area contributed by atoms with Crippen LogP contribution in [0, 0.1) is 0 Å². The van der Waals surface area contributed by atoms with Crippen molar-refractivity contribution in [1.82, 2.24) is 0 Å². The maximum atomic E-state index is 13.4. The first-order valence-electron chi connectivity index (χ1n) is 7.79. The molecule has 0 rings (SSSR count). The van der Waals surface area contributed by atoms with Crippen molar-refractivity contribution in [1.29, 1.82) is 0 Å². The first kappa shape index (κ1) is 36.0. The Kier molecular flexibility index (Phi) is 8.28. The van der Waals surface area contributed by atoms with Gasteiger partial charge >= 0.3 is 65.4 Å². The predicted molar refractivity (Wildman–Crippen MR) is 65.8 cm³/mol. The molecular formula is C13HF25. The van der Waals surface area contributed by atoms with E-state index in [9.17, 15) is 110 Å². The highest BCUT2D eigenvalue weighted by atomic mass is 19.4. The van der Waals surface area contributed by atoms with Gasteiger partial charge < -0.3 is 0 Å². The van der Waals surface area contributed by atoms with Crippen LogP contribution in [0.15, 0.2) is 12.2 Å². The molecule has 0 heterocycles. The summed E-state index contributed by atoms with van der Waals surface area (Å²) in [6.07, 6.45) is -10.6. The summed E-state index contributed by atoms with van der Waals surface area (Å²) in [7, 11) is 0. The van der Waals surface area contributed by atoms with E-state index in [2.05, 4.69) is 0 Å². The summed E-state index contributed by atoms with van der Waals surface area (Å²) in [5.74, 6) is -95.0. The van der Waals surface area contributed by atoms with E-state index in [1.165, 1.54) is 0 Å². The van der Waals surface area contributed by atoms with Crippen LogP contribution in [0.5, 0.6) is 0 Å². The van der Waals surface area contributed by atoms with Crippen LogP contribution in [-0.4, -0.2) is 65.4 Å². The Morgan fingerprint density at radius 3 is 0.684 bits per heavy atom. The van der Waals surface area contributed by atoms with Crippen molar-refractivity contribution in [2.45, 2.75) is 65.4 Å². The third-order valence-corrected chi connectivity index (χ3v) is 4.30. The summed E-state index contributed by atoms with van der Waals surface area (Å²) < 4.78 is 323. The van der Waals surface area contributed by atoms with Gasteiger partial charge in [0.15, 0.2) is 0 Å². The van der Waals surface area contributed by atoms with Gasteiger partial charge in [-0.25, -0.2) is 8.78 Å². The van der Waals surface area contributed by atoms with Crippen molar-refractivity contribution in [2.75, 3.05) is 0 Å². The van der Waals surface area contributed by atoms with Gasteiger partial charge in [0.1, 0.15) is 6.33 Å². The lowest BCUT2D eigenvalue weighted by molar-refractivity contribution is -0.478. The summed E-state index contributed by atoms with van der Waals surface area (Å²) in [6, 6.07) is 0. The third-order valence-electron chi connectivity index (χ3n) is 4.30. The molecule has 0 radical (unpaired) electrons. The van der Waals surface area contributed by atoms with E-state index in [1.54, 1.807) is 0 Å². The SMILES string of the molecule is FC=C(F)C(F)(F)C(F)(F)C(F)(F)C(F)(F)C(F)(F)C(F)(F)C(F)(F)C(F)(F)C(F)(F)C(F)(F)C(F)(F)F. The number of hydrogen-bond acceptors (Lipinski definition) is 0. The topological polar surface area (TPSA) is 0 Å². The Labute approximate surface area is 189 Å². The highest BCUT2D eigenvalue weighted by Crippen LogP contribution is 2.67. The molecule has 0 aromatic rings. The zero-order valence-electron chi connectivity index (χ0n) is 16.0. The van der Waals surface area contributed by atoms with Crippen molar-refractivity contribution in [3.05, 3.63) is 12.2 Å². The standard InChI is InChI=1S/C13HF25/c14-1-2(15)3(16,17)4(18,19)5(20,21)6(22,23)7(24,25)8(26,27)9(28,29)10(30,31)11(32,33)12(34,35)13(36,37)38/h1H. The molecular weight excluding hydrogens is 631 g/mol. The molecule has 0 aliphatic carbocycles. The number of rotatable bonds is 10. The minimum atomic E-state index is -9.54. The van der Waals surface area contributed by atoms with Crippen molar-refractivity contribution in [3.8, 4) is 0 Å². The largest absolute Gasteiger partial charge is 0.460 e. The Morgan fingerprint density at radius 1 is 0.316 bits per heavy atom. The minimum absolute atomic E-state index is 2.45. The van der Waals surface area contributed by atoms with Gasteiger partial charge in [-0.2, -0.15) is 101 Å². The second kappa shape index (κ2) is 8.74. The molecule has 0 aliphatic heterocycles. The fraction of sp³-hybridized carbons (Fsp3) is 0.846. The highest BCUT2D eigenvalue weighted by Gasteiger charge is 2.99. The monoisotopic (exact) mass is 632 g/mol. The molecule has 25 heteroatoms. The van der Waals surface area contributed by atoms with Crippen molar-refractivity contribution < 1.29 is 110 Å². The van der Waals surface area contributed by atoms with E-state index in [0.717, 1.165) is 0 Å². The molecule has 0 atom stereocenters. The average Bonchev–Trinajstić information content (AvgIpc) is 2.70. The Bertz CT molecular complexity index is 899. The summed E-state index contributed by atoms with van der Waals surface area (Å²) in [6.45, 7) is 0. The fourth-order valence-corrected chi connectivity index (χ4v) is 1.97. The molecule has 0 unspecified atom stereocenters. The highest BCUT2D eigenvalue weighted by molar-refractivity contribution is 5.21. The van der Waals surface area contributed by atoms with Crippen LogP contribution in [0.25, 0.3) is 0 Å². The lowest BCUT2D eigenvalue weighted by atomic mass is 9.85. The van der Waals surface area contributed by atoms with Crippen molar-refractivity contribution in [2.24, 2.45) is 0 Å². The summed E-state index contributed by atoms with van der Waals surface area (Å²) in [5.41, 5.74) is 0. The fourth-order valence-electron chi connectivity index (χ4n) is 1.97. The van der Waals surface area contributed by atoms with Gasteiger partial charge in [-0.3, -0.25) is 0 Å². The van der Waals surface area contributed by atoms with Gasteiger partial charge in [-0.15, -0.1) is 0 Å². The van der Waals surface area contributed by atoms with Crippen LogP contribution in [0.4, 0.5) is 110 Å². The van der Waals surface area contributed by atoms with E-state index in [4.69, 9.17) is 0 Å². The smallest absolute Gasteiger partial charge is 0.212 e. The maximum Gasteiger partial charge on any atom is 0.460 e. The van der Waals surface area contributed by atoms with Gasteiger partial charge in [0.25, 0.3) is 0 Å². The zero-order valence-corrected chi connectivity index (χ0v) is 16.0. The third kappa shape index (κ3) is 4.01. The van der Waals surface area contributed by atoms with Crippen molar-refractivity contribution >= 4 is 0 Å². The van der Waals surface area contributed by atoms with E-state index in [1.807, 2.05) is 0 Å². The van der Waals surface area contributed by atoms with E-state index in [-0.39, 0.29) is 0 Å². The van der Waals surface area contributed by atoms with E-state index in [0.29, 0.717) is 0 Å². The lowest BCUT2D eigenvalue weighted by Crippen LogP contribution is -2.77. The van der Waals surface area contributed by atoms with Crippen LogP contribution >= 0.6 is 0 Å². The summed E-state index contributed by atoms with van der Waals surface area (Å²) in [5, 5.41) is 0. The Balaban J connectivity index is 7.28. The molecule has 228 valence electrons. The maximum absolute atomic E-state index is 13.4. The normalized spacial score (nSPS) is 17.2. The van der Waals surface area contributed by atoms with Crippen LogP contribution in [0.1, 0.15) is 0 Å². The van der Waals surface area contributed by atoms with Crippen molar-refractivity contribution in [3.63, 3.8) is 0 Å². The molecule has 0 aromatic carbocycles. The Hall–Kier alpha value is -2.01. The van der Waals surface area contributed by atoms with Gasteiger partial charge in [-0.05, 0) is 0 Å². The van der Waals surface area contributed by atoms with Gasteiger partial charge in [-0.1, -0.05) is 0 Å². The first-order chi connectivity index (χ1) is 16.0. The van der Waals surface area contributed by atoms with Crippen LogP contribution in [0.2, 0.25) is 0 Å². The number of hydrogen-bond donors (Lipinski definition) is 0. The molecule has 0 nitrogen and oxygen atoms in total. The minimum Gasteiger partial charge on any atom is -0.212 e. The molecule has 0 aromatic heterocycles. The molecule has 0 amide bonds. The zero-order chi connectivity index (χ0) is 31.8. The summed E-state index contributed by atoms with van der Waals surface area (Å²) >= 11 is 0. The van der Waals surface area contributed by atoms with Gasteiger partial charge in [0, 0.05) is 0 Å². The number of alkyl halides is 23. The van der Waals surface area contributed by atoms with E-state index < -0.39 is 77.6 Å². The molecule has 0 aliphatic rings. The van der Waals surface area contributed by atoms with Crippen LogP contribution in [-0.2, 0) is 0 Å². The molecule has 0 N–H and O–H groups in total. The summed E-state index contributed by atoms with van der Waals surface area (Å²) in [4.78, 5) is 0. The molecule has 38 heavy (non-hydrogen) atoms. The predicted octanol–water partition coefficient (Wildman–Crippen LogP) is 8.68. The molecule has 0 bridgehead atoms. The number of allylic oxidation sites excluding steroid dienone is 1. The second-order valence-electron chi connectivity index (χ2n) is 6.70. The second-order valence-corrected chi connectivity index (χ2v) is 6.70. The quantitative estimate of drug-likeness (QED) is 0.212. The lowest BCUT2D eigenvalue weighted by Gasteiger charge is -2.45. The number of halogens is 25. The molecule has 0 spiro atoms. The molecule has 0 saturated carbocycles. The Morgan fingerprint density at radius 2 is 0.500 bits per heavy atom. The van der Waals surface area contributed by atoms with Crippen LogP contribution < -0.4 is 0 Å². The molecule has 0 saturated heterocycles. The molecule has 0 fully saturated rings. The van der Waals surface area contributed by atoms with E-state index >= 15 is 0 Å².